The summed E-state index contributed by atoms with van der Waals surface area (Å²) in [6.45, 7) is 3.11. The molecule has 7 heteroatoms. The summed E-state index contributed by atoms with van der Waals surface area (Å²) in [7, 11) is 0. The van der Waals surface area contributed by atoms with Crippen molar-refractivity contribution in [3.05, 3.63) is 47.8 Å². The Labute approximate surface area is 129 Å². The Bertz CT molecular complexity index is 877. The molecule has 0 aromatic carbocycles. The van der Waals surface area contributed by atoms with Gasteiger partial charge in [0.2, 0.25) is 0 Å². The lowest BCUT2D eigenvalue weighted by Gasteiger charge is -2.15. The molecule has 0 fully saturated rings. The largest absolute Gasteiger partial charge is 0.472 e. The van der Waals surface area contributed by atoms with Crippen molar-refractivity contribution in [3.8, 4) is 11.1 Å². The molecule has 0 aliphatic rings. The maximum Gasteiger partial charge on any atom is 0.420 e. The second-order valence-electron chi connectivity index (χ2n) is 5.16. The van der Waals surface area contributed by atoms with Crippen molar-refractivity contribution < 1.29 is 22.4 Å². The van der Waals surface area contributed by atoms with Gasteiger partial charge in [0.05, 0.1) is 18.1 Å². The molecule has 0 unspecified atom stereocenters. The van der Waals surface area contributed by atoms with Crippen LogP contribution in [0.4, 0.5) is 13.2 Å². The van der Waals surface area contributed by atoms with Crippen molar-refractivity contribution in [2.75, 3.05) is 0 Å². The summed E-state index contributed by atoms with van der Waals surface area (Å²) in [5.74, 6) is -0.381. The first-order chi connectivity index (χ1) is 10.8. The average molecular weight is 322 g/mol. The monoisotopic (exact) mass is 322 g/mol. The summed E-state index contributed by atoms with van der Waals surface area (Å²) >= 11 is 0. The molecule has 0 saturated heterocycles. The number of imidazole rings is 1. The highest BCUT2D eigenvalue weighted by atomic mass is 19.4. The highest BCUT2D eigenvalue weighted by Crippen LogP contribution is 2.37. The number of carbonyl (C=O) groups is 1. The van der Waals surface area contributed by atoms with Gasteiger partial charge in [0.25, 0.3) is 0 Å². The molecule has 3 aromatic rings. The van der Waals surface area contributed by atoms with Crippen LogP contribution in [0.1, 0.15) is 35.6 Å². The highest BCUT2D eigenvalue weighted by Gasteiger charge is 2.36. The van der Waals surface area contributed by atoms with E-state index in [1.165, 1.54) is 30.0 Å². The lowest BCUT2D eigenvalue weighted by atomic mass is 10.0. The van der Waals surface area contributed by atoms with E-state index in [2.05, 4.69) is 4.98 Å². The fraction of sp³-hybridized carbons (Fsp3) is 0.250. The van der Waals surface area contributed by atoms with Crippen LogP contribution in [0.25, 0.3) is 16.8 Å². The molecule has 23 heavy (non-hydrogen) atoms. The first-order valence-electron chi connectivity index (χ1n) is 6.98. The maximum absolute atomic E-state index is 13.4. The predicted molar refractivity (Wildman–Crippen MR) is 77.3 cm³/mol. The van der Waals surface area contributed by atoms with Gasteiger partial charge in [0.1, 0.15) is 11.3 Å². The van der Waals surface area contributed by atoms with E-state index in [1.807, 2.05) is 6.92 Å². The molecule has 0 bridgehead atoms. The first-order valence-corrected chi connectivity index (χ1v) is 6.98. The van der Waals surface area contributed by atoms with E-state index >= 15 is 0 Å². The van der Waals surface area contributed by atoms with Crippen LogP contribution in [0.5, 0.6) is 0 Å². The predicted octanol–water partition coefficient (Wildman–Crippen LogP) is 4.38. The van der Waals surface area contributed by atoms with E-state index < -0.39 is 11.7 Å². The number of hydrogen-bond acceptors (Lipinski definition) is 3. The summed E-state index contributed by atoms with van der Waals surface area (Å²) in [6, 6.07) is 2.67. The van der Waals surface area contributed by atoms with E-state index in [9.17, 15) is 18.0 Å². The molecule has 0 saturated carbocycles. The van der Waals surface area contributed by atoms with Crippen LogP contribution in [-0.4, -0.2) is 15.2 Å². The van der Waals surface area contributed by atoms with Gasteiger partial charge in [-0.3, -0.25) is 4.79 Å². The molecule has 0 atom stereocenters. The van der Waals surface area contributed by atoms with Gasteiger partial charge in [-0.25, -0.2) is 4.98 Å². The molecule has 3 aromatic heterocycles. The first kappa shape index (κ1) is 15.3. The Balaban J connectivity index is 2.43. The van der Waals surface area contributed by atoms with Crippen molar-refractivity contribution in [2.45, 2.75) is 26.4 Å². The van der Waals surface area contributed by atoms with Gasteiger partial charge < -0.3 is 8.82 Å². The second kappa shape index (κ2) is 5.26. The minimum absolute atomic E-state index is 0.00884. The Morgan fingerprint density at radius 3 is 2.65 bits per heavy atom. The molecule has 0 spiro atoms. The number of Topliss-reactive ketones (excluding diaryl/α,β-unsaturated/α-hetero) is 1. The molecule has 0 aliphatic carbocycles. The van der Waals surface area contributed by atoms with E-state index in [0.717, 1.165) is 6.07 Å². The minimum Gasteiger partial charge on any atom is -0.472 e. The van der Waals surface area contributed by atoms with Crippen LogP contribution >= 0.6 is 0 Å². The Hall–Kier alpha value is -2.57. The van der Waals surface area contributed by atoms with Crippen molar-refractivity contribution in [3.63, 3.8) is 0 Å². The SMILES string of the molecule is CCc1c(-c2ccoc2)cc(C(F)(F)F)c2nc(C(C)=O)cn12. The molecular weight excluding hydrogens is 309 g/mol. The number of halogens is 3. The number of ketones is 1. The van der Waals surface area contributed by atoms with Gasteiger partial charge in [-0.2, -0.15) is 13.2 Å². The fourth-order valence-electron chi connectivity index (χ4n) is 2.60. The molecule has 3 heterocycles. The second-order valence-corrected chi connectivity index (χ2v) is 5.16. The molecule has 120 valence electrons. The van der Waals surface area contributed by atoms with Crippen LogP contribution in [0.3, 0.4) is 0 Å². The zero-order valence-electron chi connectivity index (χ0n) is 12.4. The molecule has 0 radical (unpaired) electrons. The van der Waals surface area contributed by atoms with E-state index in [4.69, 9.17) is 4.42 Å². The highest BCUT2D eigenvalue weighted by molar-refractivity contribution is 5.93. The molecular formula is C16H13F3N2O2. The smallest absolute Gasteiger partial charge is 0.420 e. The number of furan rings is 1. The maximum atomic E-state index is 13.4. The number of aryl methyl sites for hydroxylation is 1. The van der Waals surface area contributed by atoms with Gasteiger partial charge in [-0.05, 0) is 18.6 Å². The van der Waals surface area contributed by atoms with E-state index in [-0.39, 0.29) is 17.1 Å². The number of nitrogens with zero attached hydrogens (tertiary/aromatic N) is 2. The third-order valence-corrected chi connectivity index (χ3v) is 3.67. The number of rotatable bonds is 3. The topological polar surface area (TPSA) is 47.5 Å². The van der Waals surface area contributed by atoms with Gasteiger partial charge >= 0.3 is 6.18 Å². The quantitative estimate of drug-likeness (QED) is 0.672. The number of carbonyl (C=O) groups excluding carboxylic acids is 1. The van der Waals surface area contributed by atoms with Gasteiger partial charge in [0, 0.05) is 29.9 Å². The van der Waals surface area contributed by atoms with Crippen LogP contribution in [0, 0.1) is 0 Å². The fourth-order valence-corrected chi connectivity index (χ4v) is 2.60. The molecule has 4 nitrogen and oxygen atoms in total. The summed E-state index contributed by atoms with van der Waals surface area (Å²) in [5, 5.41) is 0. The summed E-state index contributed by atoms with van der Waals surface area (Å²) in [6.07, 6.45) is 0.0496. The zero-order valence-corrected chi connectivity index (χ0v) is 12.4. The van der Waals surface area contributed by atoms with Crippen LogP contribution < -0.4 is 0 Å². The minimum atomic E-state index is -4.58. The summed E-state index contributed by atoms with van der Waals surface area (Å²) < 4.78 is 46.6. The van der Waals surface area contributed by atoms with Crippen molar-refractivity contribution in [1.82, 2.24) is 9.38 Å². The lowest BCUT2D eigenvalue weighted by molar-refractivity contribution is -0.136. The normalized spacial score (nSPS) is 12.0. The van der Waals surface area contributed by atoms with Crippen LogP contribution in [0.2, 0.25) is 0 Å². The van der Waals surface area contributed by atoms with Crippen molar-refractivity contribution in [2.24, 2.45) is 0 Å². The third-order valence-electron chi connectivity index (χ3n) is 3.67. The average Bonchev–Trinajstić information content (AvgIpc) is 3.13. The summed E-state index contributed by atoms with van der Waals surface area (Å²) in [4.78, 5) is 15.4. The zero-order chi connectivity index (χ0) is 16.8. The third kappa shape index (κ3) is 2.52. The Morgan fingerprint density at radius 2 is 2.13 bits per heavy atom. The molecule has 3 rings (SSSR count). The standard InChI is InChI=1S/C16H13F3N2O2/c1-3-14-11(10-4-5-23-8-10)6-12(16(17,18)19)15-20-13(9(2)22)7-21(14)15/h4-8H,3H2,1-2H3. The van der Waals surface area contributed by atoms with Crippen molar-refractivity contribution in [1.29, 1.82) is 0 Å². The van der Waals surface area contributed by atoms with E-state index in [0.29, 0.717) is 23.2 Å². The van der Waals surface area contributed by atoms with E-state index in [1.54, 1.807) is 6.07 Å². The number of hydrogen-bond donors (Lipinski definition) is 0. The van der Waals surface area contributed by atoms with Gasteiger partial charge in [-0.1, -0.05) is 6.92 Å². The lowest BCUT2D eigenvalue weighted by Crippen LogP contribution is -2.11. The van der Waals surface area contributed by atoms with Gasteiger partial charge in [-0.15, -0.1) is 0 Å². The molecule has 0 N–H and O–H groups in total. The number of pyridine rings is 1. The van der Waals surface area contributed by atoms with Crippen LogP contribution in [0.15, 0.2) is 35.3 Å². The Kier molecular flexibility index (Phi) is 3.50. The number of fused-ring (bicyclic) bond motifs is 1. The molecule has 0 aliphatic heterocycles. The molecule has 0 amide bonds. The Morgan fingerprint density at radius 1 is 1.39 bits per heavy atom. The summed E-state index contributed by atoms with van der Waals surface area (Å²) in [5.41, 5.74) is 0.468. The van der Waals surface area contributed by atoms with Gasteiger partial charge in [0.15, 0.2) is 5.78 Å². The number of aromatic nitrogens is 2. The number of alkyl halides is 3. The van der Waals surface area contributed by atoms with Crippen LogP contribution in [-0.2, 0) is 12.6 Å². The van der Waals surface area contributed by atoms with Crippen molar-refractivity contribution >= 4 is 11.4 Å².